The molecule has 6 heteroatoms. The largest absolute Gasteiger partial charge is 0.484 e. The lowest BCUT2D eigenvalue weighted by molar-refractivity contribution is -0.159. The van der Waals surface area contributed by atoms with Crippen LogP contribution in [0.4, 0.5) is 0 Å². The molecule has 22 heavy (non-hydrogen) atoms. The molecule has 0 aliphatic carbocycles. The maximum absolute atomic E-state index is 12.1. The first-order chi connectivity index (χ1) is 10.5. The number of carboxylic acids is 1. The summed E-state index contributed by atoms with van der Waals surface area (Å²) in [7, 11) is 0. The van der Waals surface area contributed by atoms with E-state index >= 15 is 0 Å². The summed E-state index contributed by atoms with van der Waals surface area (Å²) in [6.45, 7) is 4.75. The van der Waals surface area contributed by atoms with Crippen molar-refractivity contribution in [1.82, 2.24) is 4.90 Å². The minimum absolute atomic E-state index is 0.0591. The fourth-order valence-electron chi connectivity index (χ4n) is 2.23. The van der Waals surface area contributed by atoms with Gasteiger partial charge in [-0.3, -0.25) is 4.79 Å². The summed E-state index contributed by atoms with van der Waals surface area (Å²) in [5, 5.41) is 8.93. The second kappa shape index (κ2) is 7.26. The van der Waals surface area contributed by atoms with Crippen LogP contribution in [0.15, 0.2) is 24.3 Å². The van der Waals surface area contributed by atoms with Crippen molar-refractivity contribution < 1.29 is 24.2 Å². The standard InChI is InChI=1S/C16H21NO5/c1-11(2)12-4-3-5-13(8-12)22-10-15(18)17-6-7-21-14(9-17)16(19)20/h3-5,8,11,14H,6-7,9-10H2,1-2H3,(H,19,20)/t14-/m1/s1. The number of hydrogen-bond donors (Lipinski definition) is 1. The highest BCUT2D eigenvalue weighted by molar-refractivity contribution is 5.79. The van der Waals surface area contributed by atoms with Crippen LogP contribution in [0.1, 0.15) is 25.3 Å². The lowest BCUT2D eigenvalue weighted by Crippen LogP contribution is -2.49. The van der Waals surface area contributed by atoms with E-state index in [1.807, 2.05) is 18.2 Å². The summed E-state index contributed by atoms with van der Waals surface area (Å²) in [5.74, 6) is -0.259. The second-order valence-electron chi connectivity index (χ2n) is 5.55. The van der Waals surface area contributed by atoms with Crippen molar-refractivity contribution in [2.24, 2.45) is 0 Å². The van der Waals surface area contributed by atoms with Crippen molar-refractivity contribution in [2.45, 2.75) is 25.9 Å². The quantitative estimate of drug-likeness (QED) is 0.892. The van der Waals surface area contributed by atoms with E-state index in [-0.39, 0.29) is 25.7 Å². The van der Waals surface area contributed by atoms with Crippen LogP contribution >= 0.6 is 0 Å². The molecule has 1 amide bonds. The topological polar surface area (TPSA) is 76.1 Å². The molecule has 1 atom stereocenters. The van der Waals surface area contributed by atoms with Gasteiger partial charge >= 0.3 is 5.97 Å². The normalized spacial score (nSPS) is 18.3. The number of carbonyl (C=O) groups excluding carboxylic acids is 1. The number of rotatable bonds is 5. The highest BCUT2D eigenvalue weighted by Gasteiger charge is 2.29. The SMILES string of the molecule is CC(C)c1cccc(OCC(=O)N2CCO[C@@H](C(=O)O)C2)c1. The third kappa shape index (κ3) is 4.21. The summed E-state index contributed by atoms with van der Waals surface area (Å²) in [6.07, 6.45) is -0.957. The molecule has 1 aromatic rings. The molecule has 0 unspecified atom stereocenters. The van der Waals surface area contributed by atoms with Gasteiger partial charge in [0.05, 0.1) is 13.2 Å². The van der Waals surface area contributed by atoms with Crippen LogP contribution in [0, 0.1) is 0 Å². The number of hydrogen-bond acceptors (Lipinski definition) is 4. The Labute approximate surface area is 129 Å². The van der Waals surface area contributed by atoms with Crippen molar-refractivity contribution in [1.29, 1.82) is 0 Å². The van der Waals surface area contributed by atoms with Crippen LogP contribution in [-0.4, -0.2) is 54.3 Å². The number of amides is 1. The smallest absolute Gasteiger partial charge is 0.334 e. The molecule has 0 aromatic heterocycles. The Morgan fingerprint density at radius 1 is 1.45 bits per heavy atom. The van der Waals surface area contributed by atoms with Crippen molar-refractivity contribution in [2.75, 3.05) is 26.3 Å². The number of carboxylic acid groups (broad SMARTS) is 1. The molecular weight excluding hydrogens is 286 g/mol. The molecule has 1 saturated heterocycles. The van der Waals surface area contributed by atoms with Gasteiger partial charge < -0.3 is 19.5 Å². The molecule has 6 nitrogen and oxygen atoms in total. The maximum atomic E-state index is 12.1. The van der Waals surface area contributed by atoms with Gasteiger partial charge in [-0.05, 0) is 23.6 Å². The molecule has 120 valence electrons. The van der Waals surface area contributed by atoms with Crippen molar-refractivity contribution in [3.8, 4) is 5.75 Å². The molecule has 0 spiro atoms. The number of ether oxygens (including phenoxy) is 2. The third-order valence-electron chi connectivity index (χ3n) is 3.58. The summed E-state index contributed by atoms with van der Waals surface area (Å²) < 4.78 is 10.6. The van der Waals surface area contributed by atoms with E-state index in [9.17, 15) is 9.59 Å². The lowest BCUT2D eigenvalue weighted by atomic mass is 10.0. The van der Waals surface area contributed by atoms with Gasteiger partial charge in [0.2, 0.25) is 0 Å². The predicted octanol–water partition coefficient (Wildman–Crippen LogP) is 1.50. The third-order valence-corrected chi connectivity index (χ3v) is 3.58. The minimum atomic E-state index is -1.05. The number of benzene rings is 1. The van der Waals surface area contributed by atoms with Crippen LogP contribution < -0.4 is 4.74 Å². The van der Waals surface area contributed by atoms with Crippen LogP contribution in [-0.2, 0) is 14.3 Å². The van der Waals surface area contributed by atoms with Gasteiger partial charge in [0.25, 0.3) is 5.91 Å². The van der Waals surface area contributed by atoms with Gasteiger partial charge in [-0.2, -0.15) is 0 Å². The summed E-state index contributed by atoms with van der Waals surface area (Å²) in [6, 6.07) is 7.62. The van der Waals surface area contributed by atoms with E-state index in [0.29, 0.717) is 18.2 Å². The average Bonchev–Trinajstić information content (AvgIpc) is 2.53. The Balaban J connectivity index is 1.89. The van der Waals surface area contributed by atoms with Crippen LogP contribution in [0.25, 0.3) is 0 Å². The van der Waals surface area contributed by atoms with Crippen LogP contribution in [0.3, 0.4) is 0 Å². The Morgan fingerprint density at radius 3 is 2.91 bits per heavy atom. The van der Waals surface area contributed by atoms with Gasteiger partial charge in [-0.15, -0.1) is 0 Å². The molecule has 0 saturated carbocycles. The van der Waals surface area contributed by atoms with E-state index in [1.54, 1.807) is 6.07 Å². The number of carbonyl (C=O) groups is 2. The van der Waals surface area contributed by atoms with E-state index < -0.39 is 12.1 Å². The highest BCUT2D eigenvalue weighted by Crippen LogP contribution is 2.20. The number of nitrogens with zero attached hydrogens (tertiary/aromatic N) is 1. The van der Waals surface area contributed by atoms with Gasteiger partial charge in [-0.25, -0.2) is 4.79 Å². The Bertz CT molecular complexity index is 543. The van der Waals surface area contributed by atoms with Crippen LogP contribution in [0.2, 0.25) is 0 Å². The zero-order valence-corrected chi connectivity index (χ0v) is 12.8. The molecule has 1 fully saturated rings. The van der Waals surface area contributed by atoms with E-state index in [2.05, 4.69) is 13.8 Å². The number of morpholine rings is 1. The molecule has 2 rings (SSSR count). The van der Waals surface area contributed by atoms with E-state index in [0.717, 1.165) is 5.56 Å². The zero-order valence-electron chi connectivity index (χ0n) is 12.8. The Morgan fingerprint density at radius 2 is 2.23 bits per heavy atom. The lowest BCUT2D eigenvalue weighted by Gasteiger charge is -2.30. The summed E-state index contributed by atoms with van der Waals surface area (Å²) in [5.41, 5.74) is 1.14. The monoisotopic (exact) mass is 307 g/mol. The van der Waals surface area contributed by atoms with E-state index in [1.165, 1.54) is 4.90 Å². The summed E-state index contributed by atoms with van der Waals surface area (Å²) in [4.78, 5) is 24.5. The molecule has 1 aliphatic heterocycles. The maximum Gasteiger partial charge on any atom is 0.334 e. The van der Waals surface area contributed by atoms with Crippen LogP contribution in [0.5, 0.6) is 5.75 Å². The van der Waals surface area contributed by atoms with Gasteiger partial charge in [0, 0.05) is 6.54 Å². The molecule has 1 heterocycles. The Kier molecular flexibility index (Phi) is 5.38. The highest BCUT2D eigenvalue weighted by atomic mass is 16.5. The fraction of sp³-hybridized carbons (Fsp3) is 0.500. The van der Waals surface area contributed by atoms with E-state index in [4.69, 9.17) is 14.6 Å². The molecule has 1 aromatic carbocycles. The Hall–Kier alpha value is -2.08. The summed E-state index contributed by atoms with van der Waals surface area (Å²) >= 11 is 0. The molecule has 0 radical (unpaired) electrons. The second-order valence-corrected chi connectivity index (χ2v) is 5.55. The van der Waals surface area contributed by atoms with Gasteiger partial charge in [0.15, 0.2) is 12.7 Å². The number of aliphatic carboxylic acids is 1. The predicted molar refractivity (Wildman–Crippen MR) is 80.0 cm³/mol. The minimum Gasteiger partial charge on any atom is -0.484 e. The first kappa shape index (κ1) is 16.3. The van der Waals surface area contributed by atoms with Crippen molar-refractivity contribution in [3.63, 3.8) is 0 Å². The molecular formula is C16H21NO5. The van der Waals surface area contributed by atoms with Gasteiger partial charge in [-0.1, -0.05) is 26.0 Å². The molecule has 1 aliphatic rings. The molecule has 1 N–H and O–H groups in total. The molecule has 0 bridgehead atoms. The first-order valence-electron chi connectivity index (χ1n) is 7.32. The van der Waals surface area contributed by atoms with Crippen molar-refractivity contribution in [3.05, 3.63) is 29.8 Å². The fourth-order valence-corrected chi connectivity index (χ4v) is 2.23. The average molecular weight is 307 g/mol. The zero-order chi connectivity index (χ0) is 16.1. The first-order valence-corrected chi connectivity index (χ1v) is 7.32. The van der Waals surface area contributed by atoms with Gasteiger partial charge in [0.1, 0.15) is 5.75 Å². The van der Waals surface area contributed by atoms with Crippen molar-refractivity contribution >= 4 is 11.9 Å².